The minimum Gasteiger partial charge on any atom is -0.361 e. The molecule has 1 aliphatic heterocycles. The number of aromatic nitrogens is 1. The van der Waals surface area contributed by atoms with Gasteiger partial charge in [-0.1, -0.05) is 48.5 Å². The molecule has 5 rings (SSSR count). The number of nitrogens with zero attached hydrogens (tertiary/aromatic N) is 1. The molecule has 0 saturated carbocycles. The maximum absolute atomic E-state index is 14.3. The van der Waals surface area contributed by atoms with Crippen LogP contribution < -0.4 is 5.32 Å². The smallest absolute Gasteiger partial charge is 0.361 e. The number of carbonyl (C=O) groups is 1. The lowest BCUT2D eigenvalue weighted by Crippen LogP contribution is -2.53. The van der Waals surface area contributed by atoms with Crippen LogP contribution in [-0.4, -0.2) is 47.9 Å². The van der Waals surface area contributed by atoms with Crippen molar-refractivity contribution in [2.24, 2.45) is 0 Å². The fourth-order valence-electron chi connectivity index (χ4n) is 5.49. The van der Waals surface area contributed by atoms with Gasteiger partial charge in [-0.25, -0.2) is 0 Å². The highest BCUT2D eigenvalue weighted by molar-refractivity contribution is 6.01. The average molecular weight is 560 g/mol. The zero-order valence-corrected chi connectivity index (χ0v) is 21.3. The van der Waals surface area contributed by atoms with Crippen LogP contribution in [0, 0.1) is 0 Å². The van der Waals surface area contributed by atoms with Crippen LogP contribution in [0.15, 0.2) is 79.0 Å². The Bertz CT molecular complexity index is 1440. The number of ketones is 1. The number of benzene rings is 3. The molecule has 2 atom stereocenters. The van der Waals surface area contributed by atoms with Gasteiger partial charge in [-0.2, -0.15) is 26.3 Å². The van der Waals surface area contributed by atoms with Crippen LogP contribution in [0.4, 0.5) is 26.3 Å². The monoisotopic (exact) mass is 559 g/mol. The Morgan fingerprint density at radius 2 is 1.43 bits per heavy atom. The van der Waals surface area contributed by atoms with Gasteiger partial charge in [0.05, 0.1) is 17.2 Å². The van der Waals surface area contributed by atoms with Gasteiger partial charge in [-0.3, -0.25) is 9.69 Å². The van der Waals surface area contributed by atoms with E-state index in [1.165, 1.54) is 0 Å². The zero-order valence-electron chi connectivity index (χ0n) is 21.3. The quantitative estimate of drug-likeness (QED) is 0.196. The molecule has 0 bridgehead atoms. The molecule has 3 aromatic carbocycles. The third-order valence-electron chi connectivity index (χ3n) is 7.39. The molecule has 0 aliphatic carbocycles. The van der Waals surface area contributed by atoms with Gasteiger partial charge in [0.15, 0.2) is 5.78 Å². The van der Waals surface area contributed by atoms with Gasteiger partial charge in [-0.05, 0) is 41.8 Å². The molecule has 2 N–H and O–H groups in total. The van der Waals surface area contributed by atoms with E-state index in [9.17, 15) is 31.1 Å². The lowest BCUT2D eigenvalue weighted by Gasteiger charge is -2.39. The summed E-state index contributed by atoms with van der Waals surface area (Å²) in [6.45, 7) is 1.89. The molecule has 1 aromatic heterocycles. The van der Waals surface area contributed by atoms with Crippen molar-refractivity contribution in [3.05, 3.63) is 107 Å². The van der Waals surface area contributed by atoms with Gasteiger partial charge in [0.25, 0.3) is 0 Å². The number of halogens is 6. The standard InChI is InChI=1S/C30H27F6N3O/c31-29(32,33)21-15-20(16-22(17-21)30(34,35)36)28(40)27(39-12-10-37-11-13-39)24(14-19-6-2-1-3-7-19)25-18-38-26-9-5-4-8-23(25)26/h1-9,15-18,24,27,37-38H,10-14H2. The number of H-pyrrole nitrogens is 1. The van der Waals surface area contributed by atoms with Crippen molar-refractivity contribution < 1.29 is 31.1 Å². The number of piperazine rings is 1. The van der Waals surface area contributed by atoms with Crippen LogP contribution in [-0.2, 0) is 18.8 Å². The summed E-state index contributed by atoms with van der Waals surface area (Å²) in [5.74, 6) is -1.34. The van der Waals surface area contributed by atoms with Gasteiger partial charge >= 0.3 is 12.4 Å². The van der Waals surface area contributed by atoms with Gasteiger partial charge < -0.3 is 10.3 Å². The molecule has 0 radical (unpaired) electrons. The molecule has 1 fully saturated rings. The first-order chi connectivity index (χ1) is 19.0. The Kier molecular flexibility index (Phi) is 7.74. The molecule has 1 saturated heterocycles. The Morgan fingerprint density at radius 1 is 0.825 bits per heavy atom. The van der Waals surface area contributed by atoms with E-state index >= 15 is 0 Å². The number of aromatic amines is 1. The Hall–Kier alpha value is -3.63. The number of carbonyl (C=O) groups excluding carboxylic acids is 1. The SMILES string of the molecule is O=C(c1cc(C(F)(F)F)cc(C(F)(F)F)c1)C(C(Cc1ccccc1)c1c[nH]c2ccccc12)N1CCNCC1. The molecule has 0 spiro atoms. The predicted octanol–water partition coefficient (Wildman–Crippen LogP) is 6.69. The molecular weight excluding hydrogens is 532 g/mol. The van der Waals surface area contributed by atoms with E-state index in [2.05, 4.69) is 10.3 Å². The summed E-state index contributed by atoms with van der Waals surface area (Å²) >= 11 is 0. The highest BCUT2D eigenvalue weighted by Gasteiger charge is 2.41. The Morgan fingerprint density at radius 3 is 2.05 bits per heavy atom. The normalized spacial score (nSPS) is 16.6. The summed E-state index contributed by atoms with van der Waals surface area (Å²) < 4.78 is 82.2. The summed E-state index contributed by atoms with van der Waals surface area (Å²) in [6.07, 6.45) is -7.97. The second kappa shape index (κ2) is 11.1. The fraction of sp³-hybridized carbons (Fsp3) is 0.300. The van der Waals surface area contributed by atoms with Crippen molar-refractivity contribution >= 4 is 16.7 Å². The fourth-order valence-corrected chi connectivity index (χ4v) is 5.49. The van der Waals surface area contributed by atoms with Crippen molar-refractivity contribution in [1.82, 2.24) is 15.2 Å². The van der Waals surface area contributed by atoms with Crippen LogP contribution in [0.25, 0.3) is 10.9 Å². The van der Waals surface area contributed by atoms with Gasteiger partial charge in [0.2, 0.25) is 0 Å². The number of hydrogen-bond acceptors (Lipinski definition) is 3. The van der Waals surface area contributed by atoms with E-state index in [-0.39, 0.29) is 6.07 Å². The third-order valence-corrected chi connectivity index (χ3v) is 7.39. The summed E-state index contributed by atoms with van der Waals surface area (Å²) in [6, 6.07) is 17.0. The number of para-hydroxylation sites is 1. The Balaban J connectivity index is 1.68. The number of rotatable bonds is 7. The largest absolute Gasteiger partial charge is 0.416 e. The highest BCUT2D eigenvalue weighted by Crippen LogP contribution is 2.39. The molecule has 2 unspecified atom stereocenters. The topological polar surface area (TPSA) is 48.1 Å². The summed E-state index contributed by atoms with van der Waals surface area (Å²) in [5, 5.41) is 4.05. The van der Waals surface area contributed by atoms with E-state index < -0.39 is 46.8 Å². The predicted molar refractivity (Wildman–Crippen MR) is 140 cm³/mol. The molecule has 10 heteroatoms. The third kappa shape index (κ3) is 5.93. The first-order valence-electron chi connectivity index (χ1n) is 12.9. The van der Waals surface area contributed by atoms with Gasteiger partial charge in [0.1, 0.15) is 0 Å². The molecule has 40 heavy (non-hydrogen) atoms. The average Bonchev–Trinajstić information content (AvgIpc) is 3.36. The van der Waals surface area contributed by atoms with E-state index in [0.29, 0.717) is 44.7 Å². The van der Waals surface area contributed by atoms with Crippen LogP contribution in [0.1, 0.15) is 38.5 Å². The second-order valence-electron chi connectivity index (χ2n) is 9.98. The second-order valence-corrected chi connectivity index (χ2v) is 9.98. The first kappa shape index (κ1) is 27.9. The lowest BCUT2D eigenvalue weighted by atomic mass is 9.80. The van der Waals surface area contributed by atoms with Crippen molar-refractivity contribution in [1.29, 1.82) is 0 Å². The van der Waals surface area contributed by atoms with E-state index in [1.54, 1.807) is 6.20 Å². The minimum atomic E-state index is -5.05. The maximum atomic E-state index is 14.3. The molecule has 210 valence electrons. The Labute approximate surface area is 227 Å². The van der Waals surface area contributed by atoms with Crippen LogP contribution in [0.5, 0.6) is 0 Å². The van der Waals surface area contributed by atoms with Gasteiger partial charge in [0, 0.05) is 54.8 Å². The van der Waals surface area contributed by atoms with Crippen LogP contribution in [0.3, 0.4) is 0 Å². The highest BCUT2D eigenvalue weighted by atomic mass is 19.4. The molecular formula is C30H27F6N3O. The molecule has 0 amide bonds. The maximum Gasteiger partial charge on any atom is 0.416 e. The van der Waals surface area contributed by atoms with Gasteiger partial charge in [-0.15, -0.1) is 0 Å². The summed E-state index contributed by atoms with van der Waals surface area (Å²) in [4.78, 5) is 19.3. The number of alkyl halides is 6. The molecule has 4 aromatic rings. The molecule has 4 nitrogen and oxygen atoms in total. The lowest BCUT2D eigenvalue weighted by molar-refractivity contribution is -0.143. The number of Topliss-reactive ketones (excluding diaryl/α,β-unsaturated/α-hetero) is 1. The zero-order chi connectivity index (χ0) is 28.5. The van der Waals surface area contributed by atoms with Crippen LogP contribution >= 0.6 is 0 Å². The summed E-state index contributed by atoms with van der Waals surface area (Å²) in [5.41, 5.74) is -1.12. The summed E-state index contributed by atoms with van der Waals surface area (Å²) in [7, 11) is 0. The first-order valence-corrected chi connectivity index (χ1v) is 12.9. The van der Waals surface area contributed by atoms with Crippen molar-refractivity contribution in [3.63, 3.8) is 0 Å². The van der Waals surface area contributed by atoms with E-state index in [1.807, 2.05) is 59.5 Å². The van der Waals surface area contributed by atoms with Crippen molar-refractivity contribution in [2.45, 2.75) is 30.7 Å². The van der Waals surface area contributed by atoms with E-state index in [4.69, 9.17) is 0 Å². The number of nitrogens with one attached hydrogen (secondary N) is 2. The van der Waals surface area contributed by atoms with Crippen molar-refractivity contribution in [3.8, 4) is 0 Å². The molecule has 2 heterocycles. The minimum absolute atomic E-state index is 0.0533. The molecule has 1 aliphatic rings. The number of hydrogen-bond donors (Lipinski definition) is 2. The van der Waals surface area contributed by atoms with Crippen molar-refractivity contribution in [2.75, 3.05) is 26.2 Å². The number of fused-ring (bicyclic) bond motifs is 1. The van der Waals surface area contributed by atoms with Crippen LogP contribution in [0.2, 0.25) is 0 Å². The van der Waals surface area contributed by atoms with E-state index in [0.717, 1.165) is 22.0 Å².